The van der Waals surface area contributed by atoms with E-state index in [1.54, 1.807) is 0 Å². The van der Waals surface area contributed by atoms with Gasteiger partial charge in [-0.25, -0.2) is 22.6 Å². The Bertz CT molecular complexity index is 784. The predicted octanol–water partition coefficient (Wildman–Crippen LogP) is -0.0153. The van der Waals surface area contributed by atoms with Gasteiger partial charge in [-0.3, -0.25) is 0 Å². The van der Waals surface area contributed by atoms with Crippen LogP contribution < -0.4 is 10.5 Å². The van der Waals surface area contributed by atoms with Gasteiger partial charge in [0.15, 0.2) is 0 Å². The van der Waals surface area contributed by atoms with Crippen molar-refractivity contribution in [3.05, 3.63) is 30.1 Å². The summed E-state index contributed by atoms with van der Waals surface area (Å²) in [6, 6.07) is 3.83. The van der Waals surface area contributed by atoms with Gasteiger partial charge in [0.2, 0.25) is 5.95 Å². The average Bonchev–Trinajstić information content (AvgIpc) is 2.82. The molecular formula is C11H13N5O4S. The number of hydrogen-bond donors (Lipinski definition) is 2. The standard InChI is InChI=1S/C11H13N5O4S/c1-16-11(13-6-14-16)15-21(18,19)9-4-3-7(12)5-8(9)10(17)20-2/h3-6H,12H2,1-2H3,(H,13,14,15). The molecule has 0 atom stereocenters. The van der Waals surface area contributed by atoms with Gasteiger partial charge in [-0.1, -0.05) is 0 Å². The second-order valence-electron chi connectivity index (χ2n) is 4.06. The van der Waals surface area contributed by atoms with Crippen molar-refractivity contribution in [2.24, 2.45) is 7.05 Å². The highest BCUT2D eigenvalue weighted by Gasteiger charge is 2.24. The molecule has 9 nitrogen and oxygen atoms in total. The highest BCUT2D eigenvalue weighted by Crippen LogP contribution is 2.21. The number of benzene rings is 1. The number of nitrogens with two attached hydrogens (primary N) is 1. The zero-order chi connectivity index (χ0) is 15.6. The molecule has 1 aromatic carbocycles. The molecule has 21 heavy (non-hydrogen) atoms. The SMILES string of the molecule is COC(=O)c1cc(N)ccc1S(=O)(=O)Nc1ncnn1C. The molecule has 0 aliphatic rings. The molecule has 0 bridgehead atoms. The third kappa shape index (κ3) is 2.94. The number of carbonyl (C=O) groups excluding carboxylic acids is 1. The maximum absolute atomic E-state index is 12.4. The molecule has 0 saturated carbocycles. The van der Waals surface area contributed by atoms with Crippen LogP contribution in [0.5, 0.6) is 0 Å². The summed E-state index contributed by atoms with van der Waals surface area (Å²) in [6.07, 6.45) is 1.20. The monoisotopic (exact) mass is 311 g/mol. The summed E-state index contributed by atoms with van der Waals surface area (Å²) in [5, 5.41) is 3.75. The van der Waals surface area contributed by atoms with Crippen molar-refractivity contribution in [3.63, 3.8) is 0 Å². The average molecular weight is 311 g/mol. The number of carbonyl (C=O) groups is 1. The van der Waals surface area contributed by atoms with E-state index in [-0.39, 0.29) is 22.1 Å². The van der Waals surface area contributed by atoms with Crippen molar-refractivity contribution in [3.8, 4) is 0 Å². The summed E-state index contributed by atoms with van der Waals surface area (Å²) in [5.74, 6) is -0.789. The van der Waals surface area contributed by atoms with Crippen molar-refractivity contribution in [1.82, 2.24) is 14.8 Å². The van der Waals surface area contributed by atoms with E-state index in [0.29, 0.717) is 0 Å². The number of esters is 1. The Hall–Kier alpha value is -2.62. The predicted molar refractivity (Wildman–Crippen MR) is 74.0 cm³/mol. The molecule has 2 rings (SSSR count). The Morgan fingerprint density at radius 3 is 2.71 bits per heavy atom. The van der Waals surface area contributed by atoms with Crippen LogP contribution in [-0.2, 0) is 21.8 Å². The number of hydrogen-bond acceptors (Lipinski definition) is 7. The van der Waals surface area contributed by atoms with Gasteiger partial charge in [-0.2, -0.15) is 10.1 Å². The zero-order valence-electron chi connectivity index (χ0n) is 11.3. The highest BCUT2D eigenvalue weighted by atomic mass is 32.2. The number of anilines is 2. The molecule has 0 unspecified atom stereocenters. The number of aryl methyl sites for hydroxylation is 1. The molecule has 112 valence electrons. The molecule has 10 heteroatoms. The minimum absolute atomic E-state index is 0.0163. The lowest BCUT2D eigenvalue weighted by molar-refractivity contribution is 0.0596. The van der Waals surface area contributed by atoms with E-state index in [1.165, 1.54) is 36.3 Å². The molecule has 1 heterocycles. The van der Waals surface area contributed by atoms with Crippen LogP contribution >= 0.6 is 0 Å². The molecule has 0 amide bonds. The minimum Gasteiger partial charge on any atom is -0.465 e. The fraction of sp³-hybridized carbons (Fsp3) is 0.182. The van der Waals surface area contributed by atoms with Crippen LogP contribution in [0.15, 0.2) is 29.4 Å². The maximum atomic E-state index is 12.4. The lowest BCUT2D eigenvalue weighted by Crippen LogP contribution is -2.19. The fourth-order valence-corrected chi connectivity index (χ4v) is 2.83. The van der Waals surface area contributed by atoms with Crippen LogP contribution in [0.1, 0.15) is 10.4 Å². The van der Waals surface area contributed by atoms with Gasteiger partial charge in [0.1, 0.15) is 11.2 Å². The lowest BCUT2D eigenvalue weighted by atomic mass is 10.2. The first kappa shape index (κ1) is 14.8. The molecule has 2 aromatic rings. The van der Waals surface area contributed by atoms with Crippen molar-refractivity contribution in [2.75, 3.05) is 17.6 Å². The fourth-order valence-electron chi connectivity index (χ4n) is 1.62. The van der Waals surface area contributed by atoms with Crippen LogP contribution in [0, 0.1) is 0 Å². The van der Waals surface area contributed by atoms with E-state index in [4.69, 9.17) is 5.73 Å². The smallest absolute Gasteiger partial charge is 0.339 e. The van der Waals surface area contributed by atoms with E-state index in [9.17, 15) is 13.2 Å². The van der Waals surface area contributed by atoms with Crippen molar-refractivity contribution >= 4 is 27.6 Å². The largest absolute Gasteiger partial charge is 0.465 e. The van der Waals surface area contributed by atoms with Gasteiger partial charge < -0.3 is 10.5 Å². The first-order valence-corrected chi connectivity index (χ1v) is 7.18. The Morgan fingerprint density at radius 2 is 2.14 bits per heavy atom. The second kappa shape index (κ2) is 5.40. The Morgan fingerprint density at radius 1 is 1.43 bits per heavy atom. The molecule has 0 radical (unpaired) electrons. The van der Waals surface area contributed by atoms with E-state index in [1.807, 2.05) is 0 Å². The van der Waals surface area contributed by atoms with E-state index in [2.05, 4.69) is 19.5 Å². The van der Waals surface area contributed by atoms with Crippen molar-refractivity contribution in [2.45, 2.75) is 4.90 Å². The summed E-state index contributed by atoms with van der Waals surface area (Å²) >= 11 is 0. The molecule has 0 fully saturated rings. The number of sulfonamides is 1. The molecule has 3 N–H and O–H groups in total. The molecule has 1 aromatic heterocycles. The number of nitrogens with one attached hydrogen (secondary N) is 1. The van der Waals surface area contributed by atoms with Gasteiger partial charge in [-0.05, 0) is 18.2 Å². The Labute approximate surface area is 120 Å². The molecule has 0 aliphatic carbocycles. The molecule has 0 saturated heterocycles. The van der Waals surface area contributed by atoms with Gasteiger partial charge in [0.05, 0.1) is 12.7 Å². The topological polar surface area (TPSA) is 129 Å². The maximum Gasteiger partial charge on any atom is 0.339 e. The van der Waals surface area contributed by atoms with E-state index >= 15 is 0 Å². The van der Waals surface area contributed by atoms with Gasteiger partial charge in [0.25, 0.3) is 10.0 Å². The Balaban J connectivity index is 2.50. The summed E-state index contributed by atoms with van der Waals surface area (Å²) < 4.78 is 32.8. The van der Waals surface area contributed by atoms with Crippen LogP contribution in [0.2, 0.25) is 0 Å². The highest BCUT2D eigenvalue weighted by molar-refractivity contribution is 7.92. The van der Waals surface area contributed by atoms with Crippen LogP contribution in [-0.4, -0.2) is 36.3 Å². The number of nitrogen functional groups attached to an aromatic ring is 1. The quantitative estimate of drug-likeness (QED) is 0.599. The Kier molecular flexibility index (Phi) is 3.80. The van der Waals surface area contributed by atoms with Crippen LogP contribution in [0.4, 0.5) is 11.6 Å². The third-order valence-corrected chi connectivity index (χ3v) is 4.02. The summed E-state index contributed by atoms with van der Waals surface area (Å²) in [7, 11) is -1.36. The summed E-state index contributed by atoms with van der Waals surface area (Å²) in [6.45, 7) is 0. The van der Waals surface area contributed by atoms with E-state index in [0.717, 1.165) is 7.11 Å². The second-order valence-corrected chi connectivity index (χ2v) is 5.71. The number of nitrogens with zero attached hydrogens (tertiary/aromatic N) is 3. The van der Waals surface area contributed by atoms with Crippen molar-refractivity contribution < 1.29 is 17.9 Å². The summed E-state index contributed by atoms with van der Waals surface area (Å²) in [4.78, 5) is 15.2. The molecule has 0 spiro atoms. The number of ether oxygens (including phenoxy) is 1. The number of methoxy groups -OCH3 is 1. The van der Waals surface area contributed by atoms with Crippen LogP contribution in [0.25, 0.3) is 0 Å². The number of aromatic nitrogens is 3. The summed E-state index contributed by atoms with van der Waals surface area (Å²) in [5.41, 5.74) is 5.66. The van der Waals surface area contributed by atoms with Crippen LogP contribution in [0.3, 0.4) is 0 Å². The number of rotatable bonds is 4. The normalized spacial score (nSPS) is 11.1. The lowest BCUT2D eigenvalue weighted by Gasteiger charge is -2.11. The van der Waals surface area contributed by atoms with Crippen molar-refractivity contribution in [1.29, 1.82) is 0 Å². The first-order chi connectivity index (χ1) is 9.85. The molecule has 0 aliphatic heterocycles. The third-order valence-electron chi connectivity index (χ3n) is 2.64. The van der Waals surface area contributed by atoms with Gasteiger partial charge in [-0.15, -0.1) is 0 Å². The van der Waals surface area contributed by atoms with Gasteiger partial charge in [0, 0.05) is 12.7 Å². The minimum atomic E-state index is -4.04. The van der Waals surface area contributed by atoms with Gasteiger partial charge >= 0.3 is 5.97 Å². The first-order valence-electron chi connectivity index (χ1n) is 5.70. The zero-order valence-corrected chi connectivity index (χ0v) is 12.1. The van der Waals surface area contributed by atoms with E-state index < -0.39 is 16.0 Å². The molecular weight excluding hydrogens is 298 g/mol.